The van der Waals surface area contributed by atoms with E-state index in [0.29, 0.717) is 36.4 Å². The molecule has 0 aliphatic rings. The lowest BCUT2D eigenvalue weighted by Crippen LogP contribution is -2.51. The van der Waals surface area contributed by atoms with Crippen LogP contribution < -0.4 is 27.0 Å². The number of carbonyl (C=O) groups is 6. The number of hydrogen-bond acceptors (Lipinski definition) is 10. The third-order valence-electron chi connectivity index (χ3n) is 8.28. The lowest BCUT2D eigenvalue weighted by molar-refractivity contribution is -0.128. The Labute approximate surface area is 337 Å². The first-order chi connectivity index (χ1) is 26.4. The summed E-state index contributed by atoms with van der Waals surface area (Å²) in [5.74, 6) is -0.910. The van der Waals surface area contributed by atoms with Crippen LogP contribution in [0.15, 0.2) is 24.3 Å². The van der Waals surface area contributed by atoms with E-state index in [1.165, 1.54) is 18.4 Å². The Hall–Kier alpha value is -4.08. The minimum absolute atomic E-state index is 0.0404. The molecule has 56 heavy (non-hydrogen) atoms. The Morgan fingerprint density at radius 1 is 0.821 bits per heavy atom. The molecule has 6 N–H and O–H groups in total. The molecule has 5 unspecified atom stereocenters. The van der Waals surface area contributed by atoms with Crippen molar-refractivity contribution in [1.29, 1.82) is 0 Å². The average Bonchev–Trinajstić information content (AvgIpc) is 3.16. The number of nitrogens with one attached hydrogen (secondary N) is 4. The van der Waals surface area contributed by atoms with Crippen LogP contribution in [0.3, 0.4) is 0 Å². The van der Waals surface area contributed by atoms with Gasteiger partial charge >= 0.3 is 6.09 Å². The zero-order valence-electron chi connectivity index (χ0n) is 37.1. The van der Waals surface area contributed by atoms with Crippen LogP contribution in [-0.2, 0) is 40.1 Å². The molecule has 1 aromatic carbocycles. The maximum absolute atomic E-state index is 12.4. The number of amides is 5. The Kier molecular flexibility index (Phi) is 33.2. The molecule has 0 saturated carbocycles. The summed E-state index contributed by atoms with van der Waals surface area (Å²) in [6.07, 6.45) is 2.59. The molecule has 1 aromatic rings. The number of likely N-dealkylation sites (N-methyl/N-ethyl adjacent to an activating group) is 2. The van der Waals surface area contributed by atoms with E-state index in [0.717, 1.165) is 6.42 Å². The van der Waals surface area contributed by atoms with Gasteiger partial charge in [-0.25, -0.2) is 4.79 Å². The lowest BCUT2D eigenvalue weighted by atomic mass is 9.91. The molecule has 0 saturated heterocycles. The zero-order chi connectivity index (χ0) is 44.0. The van der Waals surface area contributed by atoms with Gasteiger partial charge < -0.3 is 46.2 Å². The number of aldehydes is 1. The van der Waals surface area contributed by atoms with E-state index >= 15 is 0 Å². The van der Waals surface area contributed by atoms with Crippen molar-refractivity contribution in [2.24, 2.45) is 23.5 Å². The van der Waals surface area contributed by atoms with E-state index in [4.69, 9.17) is 15.2 Å². The molecule has 0 aromatic heterocycles. The van der Waals surface area contributed by atoms with E-state index in [-0.39, 0.29) is 49.6 Å². The number of anilines is 1. The summed E-state index contributed by atoms with van der Waals surface area (Å²) < 4.78 is 10.8. The van der Waals surface area contributed by atoms with Gasteiger partial charge in [0.25, 0.3) is 0 Å². The van der Waals surface area contributed by atoms with Crippen LogP contribution >= 0.6 is 0 Å². The largest absolute Gasteiger partial charge is 0.445 e. The fraction of sp³-hybridized carbons (Fsp3) is 0.707. The Bertz CT molecular complexity index is 1240. The van der Waals surface area contributed by atoms with Crippen molar-refractivity contribution in [3.8, 4) is 0 Å². The molecule has 15 nitrogen and oxygen atoms in total. The molecule has 5 amide bonds. The summed E-state index contributed by atoms with van der Waals surface area (Å²) in [7, 11) is 7.23. The molecular formula is C41H77N7O8. The second kappa shape index (κ2) is 33.1. The minimum Gasteiger partial charge on any atom is -0.445 e. The second-order valence-corrected chi connectivity index (χ2v) is 14.0. The summed E-state index contributed by atoms with van der Waals surface area (Å²) >= 11 is 0. The molecule has 0 heterocycles. The lowest BCUT2D eigenvalue weighted by Gasteiger charge is -2.35. The first-order valence-electron chi connectivity index (χ1n) is 19.9. The number of carbonyl (C=O) groups excluding carboxylic acids is 6. The predicted octanol–water partition coefficient (Wildman–Crippen LogP) is 4.58. The fourth-order valence-corrected chi connectivity index (χ4v) is 5.26. The van der Waals surface area contributed by atoms with Gasteiger partial charge in [-0.05, 0) is 56.5 Å². The highest BCUT2D eigenvalue weighted by Gasteiger charge is 2.31. The second-order valence-electron chi connectivity index (χ2n) is 14.0. The van der Waals surface area contributed by atoms with E-state index in [2.05, 4.69) is 53.9 Å². The van der Waals surface area contributed by atoms with Crippen molar-refractivity contribution >= 4 is 41.7 Å². The number of hydrogen-bond donors (Lipinski definition) is 5. The van der Waals surface area contributed by atoms with Gasteiger partial charge in [-0.15, -0.1) is 0 Å². The number of ether oxygens (including phenoxy) is 2. The van der Waals surface area contributed by atoms with E-state index in [9.17, 15) is 28.8 Å². The minimum atomic E-state index is -0.791. The summed E-state index contributed by atoms with van der Waals surface area (Å²) in [6.45, 7) is 22.0. The predicted molar refractivity (Wildman–Crippen MR) is 225 cm³/mol. The quantitative estimate of drug-likeness (QED) is 0.116. The molecule has 0 spiro atoms. The maximum Gasteiger partial charge on any atom is 0.410 e. The molecule has 5 atom stereocenters. The monoisotopic (exact) mass is 796 g/mol. The van der Waals surface area contributed by atoms with E-state index in [1.54, 1.807) is 45.2 Å². The van der Waals surface area contributed by atoms with Crippen molar-refractivity contribution in [1.82, 2.24) is 25.8 Å². The zero-order valence-corrected chi connectivity index (χ0v) is 37.1. The Morgan fingerprint density at radius 2 is 1.38 bits per heavy atom. The van der Waals surface area contributed by atoms with Crippen LogP contribution in [-0.4, -0.2) is 118 Å². The van der Waals surface area contributed by atoms with E-state index in [1.807, 2.05) is 48.7 Å². The van der Waals surface area contributed by atoms with Crippen molar-refractivity contribution in [3.05, 3.63) is 29.8 Å². The van der Waals surface area contributed by atoms with E-state index < -0.39 is 35.9 Å². The SMILES string of the molecule is CC.CC(C)C(N)C(=O)NCC(=O)Nc1ccc(COC(=O)N(C)C(C(=O)NCC=O)C(C)C)cc1.CCC.CCNC(=O)CC(OC)C(C(C)CC)N(C)C. The van der Waals surface area contributed by atoms with Gasteiger partial charge in [-0.3, -0.25) is 24.1 Å². The number of benzene rings is 1. The summed E-state index contributed by atoms with van der Waals surface area (Å²) in [5, 5.41) is 10.4. The highest BCUT2D eigenvalue weighted by molar-refractivity contribution is 5.95. The van der Waals surface area contributed by atoms with Gasteiger partial charge in [0, 0.05) is 32.4 Å². The van der Waals surface area contributed by atoms with Crippen molar-refractivity contribution in [3.63, 3.8) is 0 Å². The van der Waals surface area contributed by atoms with Crippen LogP contribution in [0.4, 0.5) is 10.5 Å². The van der Waals surface area contributed by atoms with Crippen LogP contribution in [0, 0.1) is 17.8 Å². The molecule has 0 aliphatic carbocycles. The van der Waals surface area contributed by atoms with Gasteiger partial charge in [-0.2, -0.15) is 0 Å². The van der Waals surface area contributed by atoms with Gasteiger partial charge in [-0.1, -0.05) is 94.2 Å². The van der Waals surface area contributed by atoms with Crippen LogP contribution in [0.2, 0.25) is 0 Å². The molecular weight excluding hydrogens is 718 g/mol. The third-order valence-corrected chi connectivity index (χ3v) is 8.28. The average molecular weight is 796 g/mol. The first kappa shape index (κ1) is 56.3. The van der Waals surface area contributed by atoms with Gasteiger partial charge in [0.2, 0.25) is 23.6 Å². The van der Waals surface area contributed by atoms with Crippen molar-refractivity contribution in [2.45, 2.75) is 126 Å². The number of nitrogens with two attached hydrogens (primary N) is 1. The number of rotatable bonds is 20. The highest BCUT2D eigenvalue weighted by Crippen LogP contribution is 2.20. The first-order valence-corrected chi connectivity index (χ1v) is 19.9. The molecule has 15 heteroatoms. The number of nitrogens with zero attached hydrogens (tertiary/aromatic N) is 2. The smallest absolute Gasteiger partial charge is 0.410 e. The molecule has 324 valence electrons. The third kappa shape index (κ3) is 23.8. The molecule has 0 radical (unpaired) electrons. The maximum atomic E-state index is 12.4. The summed E-state index contributed by atoms with van der Waals surface area (Å²) in [5.41, 5.74) is 6.91. The van der Waals surface area contributed by atoms with Crippen LogP contribution in [0.5, 0.6) is 0 Å². The molecule has 0 fully saturated rings. The topological polar surface area (TPSA) is 202 Å². The molecule has 0 aliphatic heterocycles. The fourth-order valence-electron chi connectivity index (χ4n) is 5.26. The number of methoxy groups -OCH3 is 1. The summed E-state index contributed by atoms with van der Waals surface area (Å²) in [4.78, 5) is 74.0. The molecule has 0 bridgehead atoms. The van der Waals surface area contributed by atoms with Crippen molar-refractivity contribution in [2.75, 3.05) is 53.2 Å². The highest BCUT2D eigenvalue weighted by atomic mass is 16.6. The Morgan fingerprint density at radius 3 is 1.80 bits per heavy atom. The van der Waals surface area contributed by atoms with Crippen molar-refractivity contribution < 1.29 is 38.2 Å². The van der Waals surface area contributed by atoms with Crippen LogP contribution in [0.1, 0.15) is 101 Å². The van der Waals surface area contributed by atoms with Gasteiger partial charge in [0.1, 0.15) is 18.9 Å². The summed E-state index contributed by atoms with van der Waals surface area (Å²) in [6, 6.07) is 5.41. The van der Waals surface area contributed by atoms with Crippen LogP contribution in [0.25, 0.3) is 0 Å². The Balaban J connectivity index is -0.00000107. The molecule has 1 rings (SSSR count). The normalized spacial score (nSPS) is 13.1. The van der Waals surface area contributed by atoms with Gasteiger partial charge in [0.05, 0.1) is 31.7 Å². The standard InChI is InChI=1S/C23H35N5O6.C13H28N2O2.C3H8.C2H6/c1-14(2)19(24)21(31)26-12-18(30)27-17-8-6-16(7-9-17)13-34-23(33)28(5)20(15(3)4)22(32)25-10-11-29;1-7-10(3)13(15(4)5)11(17-6)9-12(16)14-8-2;1-3-2;1-2/h6-9,11,14-15,19-20H,10,12-13,24H2,1-5H3,(H,25,32)(H,26,31)(H,27,30);10-11,13H,7-9H2,1-6H3,(H,14,16);3H2,1-2H3;1-2H3. The van der Waals surface area contributed by atoms with Gasteiger partial charge in [0.15, 0.2) is 0 Å².